The Morgan fingerprint density at radius 1 is 0.707 bits per heavy atom. The van der Waals surface area contributed by atoms with Crippen molar-refractivity contribution in [1.29, 1.82) is 0 Å². The van der Waals surface area contributed by atoms with Crippen LogP contribution in [0.1, 0.15) is 167 Å². The van der Waals surface area contributed by atoms with E-state index in [1.165, 1.54) is 125 Å². The van der Waals surface area contributed by atoms with Gasteiger partial charge in [-0.3, -0.25) is 20.2 Å². The fourth-order valence-corrected chi connectivity index (χ4v) is 15.0. The number of halogens is 2. The number of non-ortho nitro benzene ring substituents is 2. The van der Waals surface area contributed by atoms with E-state index in [0.717, 1.165) is 54.8 Å². The number of carbonyl (C=O) groups is 2. The number of benzene rings is 4. The number of nitrogens with zero attached hydrogens (tertiary/aromatic N) is 2. The number of hydrogen-bond donors (Lipinski definition) is 0. The standard InChI is InChI=1S/C59H70Cl2N2O10.2Na/c1-35(2)10-6-11-36(3)49-20-21-50-46-19-18-42-26-37(22-24-58(42,4)51(46)23-25-59(49,50)5)12-9-17-45(40-29-47(56(64)65)54(52(60)31-40)72-33-38-13-7-15-43(27-38)62(68)69)41-30-48(57(66)67)55(53(61)32-41)73-34-39-14-8-16-44(28-39)63(70)71;;/h7-8,13-17,27-32,35-37,42,46,49-51H,6,9-12,18-26,33-34H2,1-5H3,(H,64,65)(H,66,67);;/q;2*+1/p-2/t36-,37+,42?,46+,49-,50+,51+,58+,59-;;/m1../s1. The van der Waals surface area contributed by atoms with Crippen molar-refractivity contribution in [2.75, 3.05) is 0 Å². The maximum Gasteiger partial charge on any atom is 1.00 e. The summed E-state index contributed by atoms with van der Waals surface area (Å²) in [5.41, 5.74) is 1.63. The van der Waals surface area contributed by atoms with E-state index >= 15 is 0 Å². The Balaban J connectivity index is 0.00000457. The van der Waals surface area contributed by atoms with Gasteiger partial charge in [-0.1, -0.05) is 107 Å². The van der Waals surface area contributed by atoms with Crippen molar-refractivity contribution in [3.05, 3.63) is 143 Å². The molecule has 4 aromatic carbocycles. The minimum Gasteiger partial charge on any atom is -0.545 e. The van der Waals surface area contributed by atoms with Crippen molar-refractivity contribution >= 4 is 52.1 Å². The minimum atomic E-state index is -1.59. The van der Waals surface area contributed by atoms with Crippen molar-refractivity contribution in [3.8, 4) is 11.5 Å². The van der Waals surface area contributed by atoms with Crippen LogP contribution in [0.4, 0.5) is 11.4 Å². The SMILES string of the molecule is CC(C)CCC[C@@H](C)[C@H]1CC[C@H]2[C@@H]3CCC4C[C@@H](CCC=C(c5cc(Cl)c(OCc6cccc([N+](=O)[O-])c6)c(C(=O)[O-])c5)c5cc(Cl)c(OCc6cccc([N+](=O)[O-])c6)c(C(=O)[O-])c5)CC[C@]4(C)[C@H]3CC[C@]12C.[Na+].[Na+]. The van der Waals surface area contributed by atoms with E-state index in [4.69, 9.17) is 32.7 Å². The van der Waals surface area contributed by atoms with Gasteiger partial charge in [-0.2, -0.15) is 0 Å². The quantitative estimate of drug-likeness (QED) is 0.0484. The van der Waals surface area contributed by atoms with Crippen LogP contribution in [0.5, 0.6) is 11.5 Å². The third kappa shape index (κ3) is 13.5. The smallest absolute Gasteiger partial charge is 0.545 e. The van der Waals surface area contributed by atoms with Crippen LogP contribution >= 0.6 is 23.2 Å². The van der Waals surface area contributed by atoms with Gasteiger partial charge >= 0.3 is 59.1 Å². The molecule has 4 aliphatic rings. The van der Waals surface area contributed by atoms with E-state index in [1.54, 1.807) is 12.1 Å². The first-order valence-corrected chi connectivity index (χ1v) is 27.1. The summed E-state index contributed by atoms with van der Waals surface area (Å²) in [5.74, 6) is 2.29. The first-order valence-electron chi connectivity index (χ1n) is 26.3. The second-order valence-corrected chi connectivity index (χ2v) is 23.5. The molecule has 390 valence electrons. The topological polar surface area (TPSA) is 185 Å². The van der Waals surface area contributed by atoms with Crippen molar-refractivity contribution in [2.24, 2.45) is 58.2 Å². The maximum absolute atomic E-state index is 12.8. The Kier molecular flexibility index (Phi) is 21.1. The number of allylic oxidation sites excluding steroid dienone is 1. The van der Waals surface area contributed by atoms with E-state index in [-0.39, 0.29) is 116 Å². The predicted molar refractivity (Wildman–Crippen MR) is 279 cm³/mol. The maximum atomic E-state index is 12.8. The summed E-state index contributed by atoms with van der Waals surface area (Å²) < 4.78 is 11.8. The van der Waals surface area contributed by atoms with Gasteiger partial charge in [0, 0.05) is 35.4 Å². The summed E-state index contributed by atoms with van der Waals surface area (Å²) in [7, 11) is 0. The van der Waals surface area contributed by atoms with Gasteiger partial charge in [0.25, 0.3) is 11.4 Å². The molecule has 4 fully saturated rings. The zero-order chi connectivity index (χ0) is 52.4. The predicted octanol–water partition coefficient (Wildman–Crippen LogP) is 7.65. The largest absolute Gasteiger partial charge is 1.00 e. The fraction of sp³-hybridized carbons (Fsp3) is 0.525. The Morgan fingerprint density at radius 3 is 1.76 bits per heavy atom. The van der Waals surface area contributed by atoms with E-state index in [2.05, 4.69) is 34.6 Å². The summed E-state index contributed by atoms with van der Waals surface area (Å²) in [6.07, 6.45) is 18.9. The number of nitro benzene ring substituents is 2. The normalized spacial score (nSPS) is 25.0. The van der Waals surface area contributed by atoms with Gasteiger partial charge in [-0.05, 0) is 181 Å². The van der Waals surface area contributed by atoms with Crippen LogP contribution in [-0.2, 0) is 13.2 Å². The van der Waals surface area contributed by atoms with Gasteiger partial charge in [-0.25, -0.2) is 0 Å². The molecule has 0 aromatic heterocycles. The first kappa shape index (κ1) is 60.8. The number of aromatic carboxylic acids is 2. The molecule has 4 saturated carbocycles. The zero-order valence-electron chi connectivity index (χ0n) is 44.7. The first-order chi connectivity index (χ1) is 34.8. The van der Waals surface area contributed by atoms with Gasteiger partial charge in [-0.15, -0.1) is 0 Å². The van der Waals surface area contributed by atoms with Crippen molar-refractivity contribution in [1.82, 2.24) is 0 Å². The Morgan fingerprint density at radius 2 is 1.24 bits per heavy atom. The van der Waals surface area contributed by atoms with Gasteiger partial charge in [0.2, 0.25) is 0 Å². The molecule has 0 amide bonds. The minimum absolute atomic E-state index is 0. The number of carboxylic acid groups (broad SMARTS) is 2. The number of hydrogen-bond acceptors (Lipinski definition) is 10. The molecule has 0 N–H and O–H groups in total. The molecule has 9 atom stereocenters. The summed E-state index contributed by atoms with van der Waals surface area (Å²) >= 11 is 13.7. The number of carbonyl (C=O) groups excluding carboxylic acids is 2. The molecule has 12 nitrogen and oxygen atoms in total. The molecular weight excluding hydrogens is 1010 g/mol. The molecule has 0 spiro atoms. The molecule has 1 unspecified atom stereocenters. The van der Waals surface area contributed by atoms with Crippen LogP contribution in [0.15, 0.2) is 78.9 Å². The summed E-state index contributed by atoms with van der Waals surface area (Å²) in [6, 6.07) is 17.3. The van der Waals surface area contributed by atoms with E-state index in [9.17, 15) is 40.0 Å². The molecule has 4 aliphatic carbocycles. The number of ether oxygens (including phenoxy) is 2. The third-order valence-corrected chi connectivity index (χ3v) is 18.6. The van der Waals surface area contributed by atoms with Crippen molar-refractivity contribution in [3.63, 3.8) is 0 Å². The van der Waals surface area contributed by atoms with Gasteiger partial charge in [0.1, 0.15) is 24.7 Å². The molecule has 8 rings (SSSR count). The second-order valence-electron chi connectivity index (χ2n) is 22.7. The Labute approximate surface area is 496 Å². The van der Waals surface area contributed by atoms with Crippen LogP contribution < -0.4 is 78.8 Å². The average molecular weight is 1080 g/mol. The van der Waals surface area contributed by atoms with E-state index in [1.807, 2.05) is 6.08 Å². The number of fused-ring (bicyclic) bond motifs is 5. The van der Waals surface area contributed by atoms with Crippen LogP contribution in [0.25, 0.3) is 5.57 Å². The zero-order valence-corrected chi connectivity index (χ0v) is 50.2. The average Bonchev–Trinajstić information content (AvgIpc) is 3.71. The molecule has 75 heavy (non-hydrogen) atoms. The summed E-state index contributed by atoms with van der Waals surface area (Å²) in [6.45, 7) is 12.0. The van der Waals surface area contributed by atoms with Crippen LogP contribution in [0.3, 0.4) is 0 Å². The third-order valence-electron chi connectivity index (χ3n) is 18.1. The Bertz CT molecular complexity index is 2640. The molecule has 0 bridgehead atoms. The summed E-state index contributed by atoms with van der Waals surface area (Å²) in [4.78, 5) is 47.4. The molecule has 4 aromatic rings. The van der Waals surface area contributed by atoms with E-state index < -0.39 is 21.8 Å². The number of nitro groups is 2. The van der Waals surface area contributed by atoms with Gasteiger partial charge < -0.3 is 29.3 Å². The molecule has 0 radical (unpaired) electrons. The number of rotatable bonds is 20. The molecular formula is C59H68Cl2N2Na2O10. The van der Waals surface area contributed by atoms with Crippen molar-refractivity contribution in [2.45, 2.75) is 138 Å². The van der Waals surface area contributed by atoms with E-state index in [0.29, 0.717) is 56.9 Å². The van der Waals surface area contributed by atoms with Crippen LogP contribution in [-0.4, -0.2) is 21.8 Å². The summed E-state index contributed by atoms with van der Waals surface area (Å²) in [5, 5.41) is 48.3. The molecule has 0 heterocycles. The van der Waals surface area contributed by atoms with Crippen molar-refractivity contribution < 1.29 is 98.2 Å². The fourth-order valence-electron chi connectivity index (χ4n) is 14.4. The molecule has 0 aliphatic heterocycles. The number of carboxylic acids is 2. The molecule has 0 saturated heterocycles. The molecule has 16 heteroatoms. The van der Waals surface area contributed by atoms with Gasteiger partial charge in [0.05, 0.1) is 31.8 Å². The monoisotopic (exact) mass is 1080 g/mol. The van der Waals surface area contributed by atoms with Crippen LogP contribution in [0, 0.1) is 78.4 Å². The van der Waals surface area contributed by atoms with Gasteiger partial charge in [0.15, 0.2) is 0 Å². The second kappa shape index (κ2) is 26.0. The Hall–Kier alpha value is -3.46. The van der Waals surface area contributed by atoms with Crippen LogP contribution in [0.2, 0.25) is 10.0 Å².